The molecule has 0 aliphatic rings. The van der Waals surface area contributed by atoms with Crippen molar-refractivity contribution in [2.24, 2.45) is 0 Å². The van der Waals surface area contributed by atoms with Gasteiger partial charge in [-0.15, -0.1) is 0 Å². The summed E-state index contributed by atoms with van der Waals surface area (Å²) in [5, 5.41) is 9.41. The monoisotopic (exact) mass is 777 g/mol. The first kappa shape index (κ1) is 33.8. The second-order valence-electron chi connectivity index (χ2n) is 16.0. The van der Waals surface area contributed by atoms with Gasteiger partial charge in [0, 0.05) is 49.1 Å². The van der Waals surface area contributed by atoms with Crippen molar-refractivity contribution in [1.29, 1.82) is 0 Å². The van der Waals surface area contributed by atoms with Crippen molar-refractivity contribution in [3.63, 3.8) is 0 Å². The molecule has 0 saturated heterocycles. The molecule has 3 heteroatoms. The molecule has 0 saturated carbocycles. The Morgan fingerprint density at radius 1 is 0.279 bits per heavy atom. The summed E-state index contributed by atoms with van der Waals surface area (Å²) < 4.78 is 15.4. The summed E-state index contributed by atoms with van der Waals surface area (Å²) in [7, 11) is 0. The fourth-order valence-electron chi connectivity index (χ4n) is 9.71. The van der Waals surface area contributed by atoms with E-state index in [1.165, 1.54) is 38.2 Å². The molecular weight excluding hydrogens is 743 g/mol. The van der Waals surface area contributed by atoms with Crippen LogP contribution in [0.2, 0.25) is 0 Å². The number of hydrogen-bond acceptors (Lipinski definition) is 2. The number of para-hydroxylation sites is 3. The van der Waals surface area contributed by atoms with E-state index in [2.05, 4.69) is 205 Å². The highest BCUT2D eigenvalue weighted by molar-refractivity contribution is 6.15. The van der Waals surface area contributed by atoms with E-state index < -0.39 is 0 Å². The minimum atomic E-state index is 0.902. The number of aromatic nitrogens is 1. The van der Waals surface area contributed by atoms with Crippen LogP contribution in [0.15, 0.2) is 221 Å². The van der Waals surface area contributed by atoms with Crippen LogP contribution in [0.5, 0.6) is 0 Å². The smallest absolute Gasteiger partial charge is 0.143 e. The molecule has 0 unspecified atom stereocenters. The van der Waals surface area contributed by atoms with E-state index in [1.807, 2.05) is 12.1 Å². The lowest BCUT2D eigenvalue weighted by Gasteiger charge is -2.11. The van der Waals surface area contributed by atoms with Crippen molar-refractivity contribution in [2.45, 2.75) is 0 Å². The Balaban J connectivity index is 0.974. The largest absolute Gasteiger partial charge is 0.456 e. The van der Waals surface area contributed by atoms with Gasteiger partial charge in [0.1, 0.15) is 22.3 Å². The van der Waals surface area contributed by atoms with Crippen LogP contribution in [0.25, 0.3) is 127 Å². The minimum Gasteiger partial charge on any atom is -0.456 e. The number of benzene rings is 10. The maximum absolute atomic E-state index is 6.79. The number of fused-ring (bicyclic) bond motifs is 10. The van der Waals surface area contributed by atoms with Crippen molar-refractivity contribution in [3.05, 3.63) is 212 Å². The predicted molar refractivity (Wildman–Crippen MR) is 255 cm³/mol. The van der Waals surface area contributed by atoms with Crippen LogP contribution in [-0.4, -0.2) is 4.57 Å². The summed E-state index contributed by atoms with van der Waals surface area (Å²) in [6.07, 6.45) is 0. The van der Waals surface area contributed by atoms with E-state index >= 15 is 0 Å². The zero-order valence-corrected chi connectivity index (χ0v) is 33.0. The minimum absolute atomic E-state index is 0.902. The predicted octanol–water partition coefficient (Wildman–Crippen LogP) is 16.4. The quantitative estimate of drug-likeness (QED) is 0.174. The van der Waals surface area contributed by atoms with Crippen LogP contribution in [-0.2, 0) is 0 Å². The highest BCUT2D eigenvalue weighted by Gasteiger charge is 2.19. The Kier molecular flexibility index (Phi) is 7.31. The Morgan fingerprint density at radius 2 is 0.787 bits per heavy atom. The van der Waals surface area contributed by atoms with Crippen molar-refractivity contribution in [3.8, 4) is 50.2 Å². The maximum atomic E-state index is 6.79. The molecule has 284 valence electrons. The third kappa shape index (κ3) is 5.24. The molecule has 3 aromatic heterocycles. The van der Waals surface area contributed by atoms with Gasteiger partial charge >= 0.3 is 0 Å². The molecule has 61 heavy (non-hydrogen) atoms. The molecule has 0 radical (unpaired) electrons. The highest BCUT2D eigenvalue weighted by Crippen LogP contribution is 2.42. The Labute approximate surface area is 350 Å². The van der Waals surface area contributed by atoms with Gasteiger partial charge in [-0.05, 0) is 98.8 Å². The van der Waals surface area contributed by atoms with Gasteiger partial charge in [0.15, 0.2) is 0 Å². The van der Waals surface area contributed by atoms with E-state index in [-0.39, 0.29) is 0 Å². The molecule has 0 amide bonds. The van der Waals surface area contributed by atoms with Crippen LogP contribution < -0.4 is 0 Å². The lowest BCUT2D eigenvalue weighted by atomic mass is 9.96. The van der Waals surface area contributed by atoms with Gasteiger partial charge < -0.3 is 13.4 Å². The fourth-order valence-corrected chi connectivity index (χ4v) is 9.71. The number of furan rings is 2. The Bertz CT molecular complexity index is 3860. The number of hydrogen-bond donors (Lipinski definition) is 0. The second-order valence-corrected chi connectivity index (χ2v) is 16.0. The van der Waals surface area contributed by atoms with Gasteiger partial charge in [-0.2, -0.15) is 0 Å². The van der Waals surface area contributed by atoms with E-state index in [0.717, 1.165) is 88.4 Å². The first-order valence-corrected chi connectivity index (χ1v) is 20.8. The summed E-state index contributed by atoms with van der Waals surface area (Å²) in [4.78, 5) is 0. The highest BCUT2D eigenvalue weighted by atomic mass is 16.3. The second kappa shape index (κ2) is 13.2. The SMILES string of the molecule is c1ccc(-c2cccc3c2oc2c(-c4ccc(-n5c6ccc(-c7ccc8oc9ccccc9c8c7)cc6c6cc(-c7cccc8ccccc78)ccc65)cc4)cccc23)cc1. The third-order valence-electron chi connectivity index (χ3n) is 12.6. The lowest BCUT2D eigenvalue weighted by molar-refractivity contribution is 0.669. The molecule has 0 bridgehead atoms. The molecule has 0 atom stereocenters. The van der Waals surface area contributed by atoms with Crippen molar-refractivity contribution in [1.82, 2.24) is 4.57 Å². The van der Waals surface area contributed by atoms with Crippen LogP contribution in [0.1, 0.15) is 0 Å². The zero-order valence-electron chi connectivity index (χ0n) is 33.0. The van der Waals surface area contributed by atoms with Gasteiger partial charge in [0.05, 0.1) is 11.0 Å². The van der Waals surface area contributed by atoms with E-state index in [4.69, 9.17) is 8.83 Å². The van der Waals surface area contributed by atoms with Crippen molar-refractivity contribution < 1.29 is 8.83 Å². The maximum Gasteiger partial charge on any atom is 0.143 e. The summed E-state index contributed by atoms with van der Waals surface area (Å²) in [6, 6.07) is 76.3. The van der Waals surface area contributed by atoms with Crippen molar-refractivity contribution in [2.75, 3.05) is 0 Å². The average molecular weight is 778 g/mol. The topological polar surface area (TPSA) is 31.2 Å². The summed E-state index contributed by atoms with van der Waals surface area (Å²) in [6.45, 7) is 0. The standard InChI is InChI=1S/C58H35NO2/c1-2-11-37(12-3-1)45-18-9-20-48-49-21-10-19-46(58(49)61-57(45)48)38-23-28-42(29-24-38)59-53-30-25-39(40-27-32-56-52(34-40)47-16-6-7-22-55(47)60-56)33-50(53)51-35-41(26-31-54(51)59)44-17-8-14-36-13-4-5-15-43(36)44/h1-35H. The molecule has 0 spiro atoms. The first-order valence-electron chi connectivity index (χ1n) is 20.8. The molecule has 0 N–H and O–H groups in total. The summed E-state index contributed by atoms with van der Waals surface area (Å²) in [5.74, 6) is 0. The lowest BCUT2D eigenvalue weighted by Crippen LogP contribution is -1.94. The van der Waals surface area contributed by atoms with E-state index in [1.54, 1.807) is 0 Å². The summed E-state index contributed by atoms with van der Waals surface area (Å²) >= 11 is 0. The number of nitrogens with zero attached hydrogens (tertiary/aromatic N) is 1. The molecule has 0 fully saturated rings. The number of rotatable bonds is 5. The average Bonchev–Trinajstić information content (AvgIpc) is 4.01. The molecule has 10 aromatic carbocycles. The van der Waals surface area contributed by atoms with Crippen LogP contribution >= 0.6 is 0 Å². The fraction of sp³-hybridized carbons (Fsp3) is 0. The zero-order chi connectivity index (χ0) is 40.0. The van der Waals surface area contributed by atoms with Crippen LogP contribution in [0.4, 0.5) is 0 Å². The molecule has 0 aliphatic carbocycles. The first-order chi connectivity index (χ1) is 30.2. The summed E-state index contributed by atoms with van der Waals surface area (Å²) in [5.41, 5.74) is 16.2. The molecule has 0 aliphatic heterocycles. The molecule has 13 rings (SSSR count). The molecule has 13 aromatic rings. The van der Waals surface area contributed by atoms with Gasteiger partial charge in [-0.25, -0.2) is 0 Å². The van der Waals surface area contributed by atoms with Gasteiger partial charge in [0.25, 0.3) is 0 Å². The van der Waals surface area contributed by atoms with Crippen LogP contribution in [0, 0.1) is 0 Å². The Hall–Kier alpha value is -8.14. The van der Waals surface area contributed by atoms with E-state index in [0.29, 0.717) is 0 Å². The Morgan fingerprint density at radius 3 is 1.54 bits per heavy atom. The molecule has 3 heterocycles. The molecular formula is C58H35NO2. The van der Waals surface area contributed by atoms with Crippen LogP contribution in [0.3, 0.4) is 0 Å². The van der Waals surface area contributed by atoms with Crippen molar-refractivity contribution >= 4 is 76.5 Å². The third-order valence-corrected chi connectivity index (χ3v) is 12.6. The normalized spacial score (nSPS) is 11.9. The van der Waals surface area contributed by atoms with Gasteiger partial charge in [0.2, 0.25) is 0 Å². The van der Waals surface area contributed by atoms with E-state index in [9.17, 15) is 0 Å². The van der Waals surface area contributed by atoms with Gasteiger partial charge in [-0.1, -0.05) is 158 Å². The molecule has 3 nitrogen and oxygen atoms in total. The van der Waals surface area contributed by atoms with Gasteiger partial charge in [-0.3, -0.25) is 0 Å².